The fraction of sp³-hybridized carbons (Fsp3) is 0.130. The van der Waals surface area contributed by atoms with Crippen LogP contribution in [-0.2, 0) is 11.2 Å². The lowest BCUT2D eigenvalue weighted by Crippen LogP contribution is -2.12. The van der Waals surface area contributed by atoms with Gasteiger partial charge in [0.2, 0.25) is 5.91 Å². The van der Waals surface area contributed by atoms with Crippen molar-refractivity contribution in [3.05, 3.63) is 86.0 Å². The van der Waals surface area contributed by atoms with Crippen molar-refractivity contribution in [3.63, 3.8) is 0 Å². The minimum absolute atomic E-state index is 0.0841. The van der Waals surface area contributed by atoms with Crippen molar-refractivity contribution < 1.29 is 9.72 Å². The topological polar surface area (TPSA) is 101 Å². The SMILES string of the molecule is O=C(CCCc1c(-c2ccccn2)[nH]c2ccc(Cl)cc12)Nc1cc([N+](=O)[O-])ccc1Br. The van der Waals surface area contributed by atoms with Gasteiger partial charge < -0.3 is 10.3 Å². The molecule has 4 aromatic rings. The predicted octanol–water partition coefficient (Wildman–Crippen LogP) is 6.52. The van der Waals surface area contributed by atoms with Gasteiger partial charge in [-0.15, -0.1) is 0 Å². The highest BCUT2D eigenvalue weighted by Gasteiger charge is 2.16. The Kier molecular flexibility index (Phi) is 6.53. The third-order valence-electron chi connectivity index (χ3n) is 5.05. The maximum atomic E-state index is 12.5. The Hall–Kier alpha value is -3.23. The van der Waals surface area contributed by atoms with E-state index in [2.05, 4.69) is 31.2 Å². The second kappa shape index (κ2) is 9.50. The first-order chi connectivity index (χ1) is 15.4. The number of anilines is 1. The van der Waals surface area contributed by atoms with Crippen LogP contribution in [0, 0.1) is 10.1 Å². The van der Waals surface area contributed by atoms with E-state index in [1.807, 2.05) is 36.4 Å². The van der Waals surface area contributed by atoms with Crippen LogP contribution in [0.4, 0.5) is 11.4 Å². The fourth-order valence-electron chi connectivity index (χ4n) is 3.57. The molecule has 0 bridgehead atoms. The number of nitro benzene ring substituents is 1. The average molecular weight is 514 g/mol. The van der Waals surface area contributed by atoms with E-state index in [4.69, 9.17) is 11.6 Å². The molecule has 0 radical (unpaired) electrons. The maximum absolute atomic E-state index is 12.5. The van der Waals surface area contributed by atoms with Crippen molar-refractivity contribution in [1.82, 2.24) is 9.97 Å². The van der Waals surface area contributed by atoms with E-state index in [1.165, 1.54) is 12.1 Å². The lowest BCUT2D eigenvalue weighted by atomic mass is 10.0. The van der Waals surface area contributed by atoms with Crippen LogP contribution >= 0.6 is 27.5 Å². The lowest BCUT2D eigenvalue weighted by molar-refractivity contribution is -0.384. The van der Waals surface area contributed by atoms with Gasteiger partial charge in [-0.25, -0.2) is 0 Å². The number of carbonyl (C=O) groups excluding carboxylic acids is 1. The lowest BCUT2D eigenvalue weighted by Gasteiger charge is -2.08. The van der Waals surface area contributed by atoms with Gasteiger partial charge in [-0.1, -0.05) is 17.7 Å². The van der Waals surface area contributed by atoms with Gasteiger partial charge >= 0.3 is 0 Å². The number of aromatic nitrogens is 2. The summed E-state index contributed by atoms with van der Waals surface area (Å²) >= 11 is 9.54. The summed E-state index contributed by atoms with van der Waals surface area (Å²) in [5, 5.41) is 15.4. The number of aryl methyl sites for hydroxylation is 1. The van der Waals surface area contributed by atoms with Crippen LogP contribution in [0.5, 0.6) is 0 Å². The van der Waals surface area contributed by atoms with Gasteiger partial charge in [0.25, 0.3) is 5.69 Å². The molecule has 0 spiro atoms. The van der Waals surface area contributed by atoms with Gasteiger partial charge in [0, 0.05) is 45.1 Å². The molecule has 0 fully saturated rings. The van der Waals surface area contributed by atoms with E-state index in [9.17, 15) is 14.9 Å². The molecule has 0 aliphatic heterocycles. The summed E-state index contributed by atoms with van der Waals surface area (Å²) in [5.41, 5.74) is 4.02. The van der Waals surface area contributed by atoms with Crippen molar-refractivity contribution in [2.24, 2.45) is 0 Å². The number of nitrogens with one attached hydrogen (secondary N) is 2. The molecule has 1 amide bonds. The smallest absolute Gasteiger partial charge is 0.271 e. The van der Waals surface area contributed by atoms with E-state index in [1.54, 1.807) is 12.3 Å². The molecule has 9 heteroatoms. The van der Waals surface area contributed by atoms with Gasteiger partial charge in [0.1, 0.15) is 0 Å². The van der Waals surface area contributed by atoms with E-state index >= 15 is 0 Å². The number of benzene rings is 2. The van der Waals surface area contributed by atoms with Crippen LogP contribution < -0.4 is 5.32 Å². The molecular formula is C23H18BrClN4O3. The largest absolute Gasteiger partial charge is 0.353 e. The number of non-ortho nitro benzene ring substituents is 1. The Balaban J connectivity index is 1.51. The number of halogens is 2. The maximum Gasteiger partial charge on any atom is 0.271 e. The third-order valence-corrected chi connectivity index (χ3v) is 5.98. The zero-order valence-electron chi connectivity index (χ0n) is 16.8. The number of hydrogen-bond donors (Lipinski definition) is 2. The highest BCUT2D eigenvalue weighted by Crippen LogP contribution is 2.32. The Morgan fingerprint density at radius 3 is 2.78 bits per heavy atom. The second-order valence-corrected chi connectivity index (χ2v) is 8.50. The molecule has 2 heterocycles. The molecule has 0 unspecified atom stereocenters. The van der Waals surface area contributed by atoms with Gasteiger partial charge in [0.05, 0.1) is 22.0 Å². The quantitative estimate of drug-likeness (QED) is 0.217. The second-order valence-electron chi connectivity index (χ2n) is 7.21. The number of carbonyl (C=O) groups is 1. The van der Waals surface area contributed by atoms with Crippen molar-refractivity contribution in [1.29, 1.82) is 0 Å². The summed E-state index contributed by atoms with van der Waals surface area (Å²) in [4.78, 5) is 30.9. The minimum atomic E-state index is -0.497. The number of aromatic amines is 1. The number of nitro groups is 1. The summed E-state index contributed by atoms with van der Waals surface area (Å²) in [7, 11) is 0. The Morgan fingerprint density at radius 1 is 1.19 bits per heavy atom. The van der Waals surface area contributed by atoms with Crippen LogP contribution in [0.3, 0.4) is 0 Å². The fourth-order valence-corrected chi connectivity index (χ4v) is 4.09. The van der Waals surface area contributed by atoms with Gasteiger partial charge in [-0.3, -0.25) is 19.9 Å². The number of amides is 1. The first-order valence-corrected chi connectivity index (χ1v) is 11.0. The van der Waals surface area contributed by atoms with Crippen LogP contribution in [0.1, 0.15) is 18.4 Å². The molecule has 162 valence electrons. The molecule has 0 saturated heterocycles. The summed E-state index contributed by atoms with van der Waals surface area (Å²) in [5.74, 6) is -0.219. The predicted molar refractivity (Wildman–Crippen MR) is 129 cm³/mol. The molecule has 2 N–H and O–H groups in total. The van der Waals surface area contributed by atoms with Crippen LogP contribution in [0.15, 0.2) is 65.3 Å². The zero-order chi connectivity index (χ0) is 22.7. The summed E-state index contributed by atoms with van der Waals surface area (Å²) in [6.07, 6.45) is 3.21. The molecule has 0 saturated carbocycles. The Labute approximate surface area is 197 Å². The van der Waals surface area contributed by atoms with E-state index in [0.29, 0.717) is 28.0 Å². The standard InChI is InChI=1S/C23H18BrClN4O3/c24-18-9-8-15(29(31)32)13-21(18)27-22(30)6-3-4-16-17-12-14(25)7-10-19(17)28-23(16)20-5-1-2-11-26-20/h1-2,5,7-13,28H,3-4,6H2,(H,27,30). The normalized spacial score (nSPS) is 10.9. The number of pyridine rings is 1. The van der Waals surface area contributed by atoms with Crippen molar-refractivity contribution in [3.8, 4) is 11.4 Å². The number of H-pyrrole nitrogens is 1. The van der Waals surface area contributed by atoms with E-state index in [-0.39, 0.29) is 18.0 Å². The van der Waals surface area contributed by atoms with Gasteiger partial charge in [0.15, 0.2) is 0 Å². The van der Waals surface area contributed by atoms with Crippen LogP contribution in [0.25, 0.3) is 22.3 Å². The molecule has 4 rings (SSSR count). The summed E-state index contributed by atoms with van der Waals surface area (Å²) in [6.45, 7) is 0. The van der Waals surface area contributed by atoms with E-state index < -0.39 is 4.92 Å². The number of nitrogens with zero attached hydrogens (tertiary/aromatic N) is 2. The first-order valence-electron chi connectivity index (χ1n) is 9.87. The Morgan fingerprint density at radius 2 is 2.03 bits per heavy atom. The van der Waals surface area contributed by atoms with Crippen molar-refractivity contribution in [2.75, 3.05) is 5.32 Å². The van der Waals surface area contributed by atoms with Crippen molar-refractivity contribution >= 4 is 55.7 Å². The number of fused-ring (bicyclic) bond motifs is 1. The summed E-state index contributed by atoms with van der Waals surface area (Å²) in [6, 6.07) is 15.6. The van der Waals surface area contributed by atoms with Crippen LogP contribution in [0.2, 0.25) is 5.02 Å². The van der Waals surface area contributed by atoms with Crippen LogP contribution in [-0.4, -0.2) is 20.8 Å². The zero-order valence-corrected chi connectivity index (χ0v) is 19.1. The molecule has 2 aromatic carbocycles. The number of hydrogen-bond acceptors (Lipinski definition) is 4. The highest BCUT2D eigenvalue weighted by molar-refractivity contribution is 9.10. The Bertz CT molecular complexity index is 1310. The minimum Gasteiger partial charge on any atom is -0.353 e. The molecule has 0 aliphatic rings. The highest BCUT2D eigenvalue weighted by atomic mass is 79.9. The van der Waals surface area contributed by atoms with Gasteiger partial charge in [-0.2, -0.15) is 0 Å². The molecule has 32 heavy (non-hydrogen) atoms. The number of rotatable bonds is 7. The average Bonchev–Trinajstić information content (AvgIpc) is 3.13. The van der Waals surface area contributed by atoms with E-state index in [0.717, 1.165) is 27.9 Å². The molecule has 0 aliphatic carbocycles. The first kappa shape index (κ1) is 22.0. The molecule has 7 nitrogen and oxygen atoms in total. The molecule has 2 aromatic heterocycles. The third kappa shape index (κ3) is 4.81. The molecular weight excluding hydrogens is 496 g/mol. The van der Waals surface area contributed by atoms with Crippen molar-refractivity contribution in [2.45, 2.75) is 19.3 Å². The summed E-state index contributed by atoms with van der Waals surface area (Å²) < 4.78 is 0.583. The monoisotopic (exact) mass is 512 g/mol. The molecule has 0 atom stereocenters. The van der Waals surface area contributed by atoms with Gasteiger partial charge in [-0.05, 0) is 70.7 Å².